The van der Waals surface area contributed by atoms with Crippen molar-refractivity contribution < 1.29 is 13.2 Å². The molecule has 0 unspecified atom stereocenters. The number of nitrogens with zero attached hydrogens (tertiary/aromatic N) is 1. The highest BCUT2D eigenvalue weighted by atomic mass is 35.5. The highest BCUT2D eigenvalue weighted by molar-refractivity contribution is 7.89. The first-order valence-electron chi connectivity index (χ1n) is 9.54. The largest absolute Gasteiger partial charge is 0.350 e. The molecule has 2 aromatic rings. The van der Waals surface area contributed by atoms with E-state index in [1.165, 1.54) is 16.4 Å². The van der Waals surface area contributed by atoms with Crippen molar-refractivity contribution in [2.24, 2.45) is 0 Å². The molecule has 156 valence electrons. The second-order valence-corrected chi connectivity index (χ2v) is 9.27. The molecular formula is C22H27ClN2O3S. The number of halogens is 1. The fraction of sp³-hybridized carbons (Fsp3) is 0.318. The number of sulfonamides is 1. The zero-order chi connectivity index (χ0) is 21.4. The normalized spacial score (nSPS) is 12.6. The lowest BCUT2D eigenvalue weighted by atomic mass is 10.1. The van der Waals surface area contributed by atoms with E-state index in [0.717, 1.165) is 18.4 Å². The molecule has 0 aliphatic carbocycles. The molecule has 0 aliphatic rings. The predicted molar refractivity (Wildman–Crippen MR) is 118 cm³/mol. The van der Waals surface area contributed by atoms with E-state index >= 15 is 0 Å². The summed E-state index contributed by atoms with van der Waals surface area (Å²) in [5.41, 5.74) is 1.33. The van der Waals surface area contributed by atoms with Gasteiger partial charge in [-0.1, -0.05) is 43.2 Å². The second kappa shape index (κ2) is 10.6. The van der Waals surface area contributed by atoms with Crippen LogP contribution >= 0.6 is 11.6 Å². The van der Waals surface area contributed by atoms with Gasteiger partial charge in [0, 0.05) is 29.7 Å². The minimum Gasteiger partial charge on any atom is -0.350 e. The van der Waals surface area contributed by atoms with E-state index in [-0.39, 0.29) is 29.9 Å². The van der Waals surface area contributed by atoms with Crippen LogP contribution in [0.15, 0.2) is 66.1 Å². The van der Waals surface area contributed by atoms with Crippen LogP contribution in [0.5, 0.6) is 0 Å². The van der Waals surface area contributed by atoms with Crippen molar-refractivity contribution in [3.63, 3.8) is 0 Å². The highest BCUT2D eigenvalue weighted by Gasteiger charge is 2.23. The van der Waals surface area contributed by atoms with E-state index in [0.29, 0.717) is 10.6 Å². The molecule has 2 aromatic carbocycles. The third kappa shape index (κ3) is 6.42. The van der Waals surface area contributed by atoms with Gasteiger partial charge in [0.15, 0.2) is 0 Å². The van der Waals surface area contributed by atoms with E-state index in [2.05, 4.69) is 18.8 Å². The number of carbonyl (C=O) groups excluding carboxylic acids is 1. The van der Waals surface area contributed by atoms with Gasteiger partial charge in [0.1, 0.15) is 0 Å². The molecule has 1 amide bonds. The van der Waals surface area contributed by atoms with Crippen LogP contribution in [0.25, 0.3) is 0 Å². The average Bonchev–Trinajstić information content (AvgIpc) is 2.68. The smallest absolute Gasteiger partial charge is 0.251 e. The third-order valence-corrected chi connectivity index (χ3v) is 6.54. The van der Waals surface area contributed by atoms with Crippen molar-refractivity contribution in [1.82, 2.24) is 9.62 Å². The van der Waals surface area contributed by atoms with Crippen molar-refractivity contribution >= 4 is 27.5 Å². The summed E-state index contributed by atoms with van der Waals surface area (Å²) in [5.74, 6) is -0.130. The maximum atomic E-state index is 13.0. The van der Waals surface area contributed by atoms with Gasteiger partial charge in [-0.2, -0.15) is 4.31 Å². The SMILES string of the molecule is C=CCN(Cc1ccc(C(=O)N[C@H](C)CCC)cc1)S(=O)(=O)c1ccc(Cl)cc1. The van der Waals surface area contributed by atoms with Gasteiger partial charge in [0.05, 0.1) is 4.90 Å². The van der Waals surface area contributed by atoms with Crippen molar-refractivity contribution in [1.29, 1.82) is 0 Å². The van der Waals surface area contributed by atoms with Gasteiger partial charge in [-0.3, -0.25) is 4.79 Å². The number of hydrogen-bond acceptors (Lipinski definition) is 3. The first-order valence-corrected chi connectivity index (χ1v) is 11.4. The summed E-state index contributed by atoms with van der Waals surface area (Å²) >= 11 is 5.86. The van der Waals surface area contributed by atoms with Gasteiger partial charge in [-0.15, -0.1) is 6.58 Å². The number of amides is 1. The molecule has 1 atom stereocenters. The first kappa shape index (κ1) is 23.1. The van der Waals surface area contributed by atoms with Gasteiger partial charge >= 0.3 is 0 Å². The van der Waals surface area contributed by atoms with Crippen molar-refractivity contribution in [3.8, 4) is 0 Å². The quantitative estimate of drug-likeness (QED) is 0.554. The Bertz CT molecular complexity index is 926. The Labute approximate surface area is 178 Å². The Kier molecular flexibility index (Phi) is 8.44. The van der Waals surface area contributed by atoms with Crippen LogP contribution in [0.1, 0.15) is 42.6 Å². The Morgan fingerprint density at radius 2 is 1.79 bits per heavy atom. The van der Waals surface area contributed by atoms with Gasteiger partial charge in [0.25, 0.3) is 5.91 Å². The van der Waals surface area contributed by atoms with Crippen LogP contribution in [0.2, 0.25) is 5.02 Å². The molecule has 1 N–H and O–H groups in total. The third-order valence-electron chi connectivity index (χ3n) is 4.46. The Morgan fingerprint density at radius 1 is 1.17 bits per heavy atom. The van der Waals surface area contributed by atoms with E-state index in [9.17, 15) is 13.2 Å². The maximum Gasteiger partial charge on any atom is 0.251 e. The predicted octanol–water partition coefficient (Wildman–Crippen LogP) is 4.64. The Hall–Kier alpha value is -2.15. The second-order valence-electron chi connectivity index (χ2n) is 6.90. The number of nitrogens with one attached hydrogen (secondary N) is 1. The molecule has 0 aromatic heterocycles. The number of rotatable bonds is 10. The topological polar surface area (TPSA) is 66.5 Å². The van der Waals surface area contributed by atoms with Crippen LogP contribution in [0.4, 0.5) is 0 Å². The molecule has 2 rings (SSSR count). The van der Waals surface area contributed by atoms with Crippen LogP contribution in [0.3, 0.4) is 0 Å². The molecule has 5 nitrogen and oxygen atoms in total. The van der Waals surface area contributed by atoms with Crippen molar-refractivity contribution in [2.75, 3.05) is 6.54 Å². The summed E-state index contributed by atoms with van der Waals surface area (Å²) < 4.78 is 27.3. The van der Waals surface area contributed by atoms with E-state index < -0.39 is 10.0 Å². The molecule has 0 saturated heterocycles. The maximum absolute atomic E-state index is 13.0. The molecule has 0 radical (unpaired) electrons. The molecule has 29 heavy (non-hydrogen) atoms. The molecular weight excluding hydrogens is 408 g/mol. The fourth-order valence-corrected chi connectivity index (χ4v) is 4.45. The van der Waals surface area contributed by atoms with Crippen LogP contribution in [0, 0.1) is 0 Å². The van der Waals surface area contributed by atoms with Crippen molar-refractivity contribution in [2.45, 2.75) is 44.2 Å². The fourth-order valence-electron chi connectivity index (χ4n) is 2.92. The zero-order valence-corrected chi connectivity index (χ0v) is 18.3. The Morgan fingerprint density at radius 3 is 2.34 bits per heavy atom. The van der Waals surface area contributed by atoms with Gasteiger partial charge in [-0.05, 0) is 55.3 Å². The van der Waals surface area contributed by atoms with Crippen LogP contribution in [-0.4, -0.2) is 31.2 Å². The summed E-state index contributed by atoms with van der Waals surface area (Å²) in [4.78, 5) is 12.5. The minimum absolute atomic E-state index is 0.111. The molecule has 0 bridgehead atoms. The lowest BCUT2D eigenvalue weighted by Gasteiger charge is -2.21. The summed E-state index contributed by atoms with van der Waals surface area (Å²) in [6, 6.07) is 13.1. The number of hydrogen-bond donors (Lipinski definition) is 1. The van der Waals surface area contributed by atoms with Gasteiger partial charge in [-0.25, -0.2) is 8.42 Å². The average molecular weight is 435 g/mol. The molecule has 7 heteroatoms. The van der Waals surface area contributed by atoms with Gasteiger partial charge in [0.2, 0.25) is 10.0 Å². The molecule has 0 aliphatic heterocycles. The monoisotopic (exact) mass is 434 g/mol. The van der Waals surface area contributed by atoms with Crippen LogP contribution < -0.4 is 5.32 Å². The zero-order valence-electron chi connectivity index (χ0n) is 16.8. The van der Waals surface area contributed by atoms with Crippen molar-refractivity contribution in [3.05, 3.63) is 77.3 Å². The molecule has 0 spiro atoms. The molecule has 0 saturated carbocycles. The lowest BCUT2D eigenvalue weighted by molar-refractivity contribution is 0.0938. The summed E-state index contributed by atoms with van der Waals surface area (Å²) in [6.07, 6.45) is 3.47. The summed E-state index contributed by atoms with van der Waals surface area (Å²) in [7, 11) is -3.70. The van der Waals surface area contributed by atoms with Crippen LogP contribution in [-0.2, 0) is 16.6 Å². The first-order chi connectivity index (χ1) is 13.8. The number of carbonyl (C=O) groups is 1. The summed E-state index contributed by atoms with van der Waals surface area (Å²) in [5, 5.41) is 3.43. The highest BCUT2D eigenvalue weighted by Crippen LogP contribution is 2.21. The minimum atomic E-state index is -3.70. The standard InChI is InChI=1S/C22H27ClN2O3S/c1-4-6-17(3)24-22(26)19-9-7-18(8-10-19)16-25(15-5-2)29(27,28)21-13-11-20(23)12-14-21/h5,7-14,17H,2,4,6,15-16H2,1,3H3,(H,24,26)/t17-/m1/s1. The van der Waals surface area contributed by atoms with Gasteiger partial charge < -0.3 is 5.32 Å². The molecule has 0 heterocycles. The Balaban J connectivity index is 2.15. The number of benzene rings is 2. The summed E-state index contributed by atoms with van der Waals surface area (Å²) in [6.45, 7) is 8.05. The molecule has 0 fully saturated rings. The van der Waals surface area contributed by atoms with E-state index in [1.54, 1.807) is 42.5 Å². The van der Waals surface area contributed by atoms with E-state index in [1.807, 2.05) is 6.92 Å². The van der Waals surface area contributed by atoms with E-state index in [4.69, 9.17) is 11.6 Å². The lowest BCUT2D eigenvalue weighted by Crippen LogP contribution is -2.32.